The average Bonchev–Trinajstić information content (AvgIpc) is 3.40. The highest BCUT2D eigenvalue weighted by molar-refractivity contribution is 6.39. The van der Waals surface area contributed by atoms with E-state index in [0.29, 0.717) is 52.4 Å². The van der Waals surface area contributed by atoms with Crippen LogP contribution < -0.4 is 4.74 Å². The third-order valence-corrected chi connectivity index (χ3v) is 6.46. The van der Waals surface area contributed by atoms with Crippen LogP contribution in [0.25, 0.3) is 11.1 Å². The largest absolute Gasteiger partial charge is 0.472 e. The smallest absolute Gasteiger partial charge is 0.274 e. The molecule has 0 radical (unpaired) electrons. The Labute approximate surface area is 231 Å². The van der Waals surface area contributed by atoms with Gasteiger partial charge in [0, 0.05) is 0 Å². The molecule has 7 heteroatoms. The highest BCUT2D eigenvalue weighted by Crippen LogP contribution is 2.30. The van der Waals surface area contributed by atoms with Gasteiger partial charge in [0.25, 0.3) is 5.89 Å². The molecule has 0 saturated heterocycles. The first kappa shape index (κ1) is 25.8. The highest BCUT2D eigenvalue weighted by atomic mass is 35.5. The molecule has 38 heavy (non-hydrogen) atoms. The quantitative estimate of drug-likeness (QED) is 0.187. The van der Waals surface area contributed by atoms with E-state index < -0.39 is 0 Å². The maximum absolute atomic E-state index is 6.25. The van der Waals surface area contributed by atoms with Crippen molar-refractivity contribution in [2.75, 3.05) is 0 Å². The number of fused-ring (bicyclic) bond motifs is 1. The van der Waals surface area contributed by atoms with Crippen molar-refractivity contribution in [3.8, 4) is 17.7 Å². The van der Waals surface area contributed by atoms with Crippen LogP contribution in [0.3, 0.4) is 0 Å². The highest BCUT2D eigenvalue weighted by Gasteiger charge is 2.14. The Hall–Kier alpha value is -3.82. The number of halogens is 2. The Bertz CT molecular complexity index is 1570. The molecule has 5 aromatic rings. The third-order valence-electron chi connectivity index (χ3n) is 5.86. The monoisotopic (exact) mass is 542 g/mol. The maximum Gasteiger partial charge on any atom is 0.274 e. The molecule has 2 heterocycles. The number of oxazole rings is 1. The van der Waals surface area contributed by atoms with Crippen molar-refractivity contribution in [1.82, 2.24) is 9.97 Å². The van der Waals surface area contributed by atoms with Crippen molar-refractivity contribution in [2.24, 2.45) is 0 Å². The number of aryl methyl sites for hydroxylation is 1. The molecule has 0 atom stereocenters. The summed E-state index contributed by atoms with van der Waals surface area (Å²) in [5.41, 5.74) is 5.48. The molecular weight excluding hydrogens is 519 g/mol. The molecule has 0 amide bonds. The van der Waals surface area contributed by atoms with Crippen LogP contribution >= 0.6 is 23.2 Å². The molecule has 0 saturated carbocycles. The minimum Gasteiger partial charge on any atom is -0.472 e. The predicted molar refractivity (Wildman–Crippen MR) is 149 cm³/mol. The summed E-state index contributed by atoms with van der Waals surface area (Å²) in [6, 6.07) is 25.3. The zero-order chi connectivity index (χ0) is 26.3. The predicted octanol–water partition coefficient (Wildman–Crippen LogP) is 7.79. The summed E-state index contributed by atoms with van der Waals surface area (Å²) in [7, 11) is 0. The Kier molecular flexibility index (Phi) is 8.25. The Morgan fingerprint density at radius 1 is 0.789 bits per heavy atom. The molecule has 5 rings (SSSR count). The number of pyridine rings is 1. The van der Waals surface area contributed by atoms with Crippen molar-refractivity contribution in [3.63, 3.8) is 0 Å². The topological polar surface area (TPSA) is 57.4 Å². The summed E-state index contributed by atoms with van der Waals surface area (Å²) in [6.45, 7) is 3.28. The average molecular weight is 543 g/mol. The number of aromatic nitrogens is 2. The minimum absolute atomic E-state index is 0.206. The third kappa shape index (κ3) is 6.17. The van der Waals surface area contributed by atoms with Crippen LogP contribution in [0.4, 0.5) is 0 Å². The van der Waals surface area contributed by atoms with Gasteiger partial charge < -0.3 is 13.9 Å². The molecule has 0 aliphatic heterocycles. The normalized spacial score (nSPS) is 10.8. The van der Waals surface area contributed by atoms with E-state index in [9.17, 15) is 0 Å². The maximum atomic E-state index is 6.25. The van der Waals surface area contributed by atoms with E-state index in [1.54, 1.807) is 12.1 Å². The van der Waals surface area contributed by atoms with Crippen LogP contribution in [0.5, 0.6) is 5.88 Å². The fourth-order valence-electron chi connectivity index (χ4n) is 3.89. The van der Waals surface area contributed by atoms with Crippen molar-refractivity contribution >= 4 is 34.3 Å². The number of hydrogen-bond donors (Lipinski definition) is 0. The lowest BCUT2D eigenvalue weighted by atomic mass is 10.1. The van der Waals surface area contributed by atoms with Crippen LogP contribution in [0.2, 0.25) is 10.0 Å². The SMILES string of the molecule is CCc1cc(C#Cc2nc3c(Cl)ccc(Cl)c3o2)c(OCc2ccccc2)nc1COCc1ccccc1. The summed E-state index contributed by atoms with van der Waals surface area (Å²) in [5.74, 6) is 6.74. The number of hydrogen-bond acceptors (Lipinski definition) is 5. The van der Waals surface area contributed by atoms with Crippen LogP contribution in [0, 0.1) is 11.8 Å². The lowest BCUT2D eigenvalue weighted by molar-refractivity contribution is 0.103. The second kappa shape index (κ2) is 12.1. The van der Waals surface area contributed by atoms with Gasteiger partial charge in [0.05, 0.1) is 34.5 Å². The zero-order valence-electron chi connectivity index (χ0n) is 20.7. The fourth-order valence-corrected chi connectivity index (χ4v) is 4.27. The molecule has 0 fully saturated rings. The van der Waals surface area contributed by atoms with Gasteiger partial charge in [-0.05, 0) is 47.2 Å². The summed E-state index contributed by atoms with van der Waals surface area (Å²) in [5, 5.41) is 0.870. The molecule has 190 valence electrons. The van der Waals surface area contributed by atoms with Crippen LogP contribution in [0.1, 0.15) is 40.8 Å². The lowest BCUT2D eigenvalue weighted by Gasteiger charge is -2.13. The van der Waals surface area contributed by atoms with E-state index in [4.69, 9.17) is 42.1 Å². The number of rotatable bonds is 8. The van der Waals surface area contributed by atoms with Crippen LogP contribution in [-0.2, 0) is 31.0 Å². The van der Waals surface area contributed by atoms with Gasteiger partial charge in [-0.2, -0.15) is 0 Å². The molecule has 0 aliphatic rings. The van der Waals surface area contributed by atoms with E-state index in [2.05, 4.69) is 23.7 Å². The van der Waals surface area contributed by atoms with Crippen LogP contribution in [-0.4, -0.2) is 9.97 Å². The minimum atomic E-state index is 0.206. The van der Waals surface area contributed by atoms with Gasteiger partial charge in [-0.15, -0.1) is 0 Å². The number of ether oxygens (including phenoxy) is 2. The zero-order valence-corrected chi connectivity index (χ0v) is 22.2. The fraction of sp³-hybridized carbons (Fsp3) is 0.161. The molecule has 0 aliphatic carbocycles. The summed E-state index contributed by atoms with van der Waals surface area (Å²) in [4.78, 5) is 9.23. The molecule has 5 nitrogen and oxygen atoms in total. The Morgan fingerprint density at radius 2 is 1.47 bits per heavy atom. The Balaban J connectivity index is 1.45. The van der Waals surface area contributed by atoms with Crippen molar-refractivity contribution in [2.45, 2.75) is 33.2 Å². The van der Waals surface area contributed by atoms with E-state index in [1.165, 1.54) is 0 Å². The molecular formula is C31H24Cl2N2O3. The van der Waals surface area contributed by atoms with Gasteiger partial charge in [0.15, 0.2) is 5.58 Å². The van der Waals surface area contributed by atoms with Gasteiger partial charge in [-0.1, -0.05) is 96.7 Å². The van der Waals surface area contributed by atoms with Gasteiger partial charge in [-0.3, -0.25) is 0 Å². The van der Waals surface area contributed by atoms with Crippen molar-refractivity contribution < 1.29 is 13.9 Å². The summed E-state index contributed by atoms with van der Waals surface area (Å²) >= 11 is 12.5. The molecule has 0 spiro atoms. The number of nitrogens with zero attached hydrogens (tertiary/aromatic N) is 2. The van der Waals surface area contributed by atoms with Crippen molar-refractivity contribution in [1.29, 1.82) is 0 Å². The first-order valence-electron chi connectivity index (χ1n) is 12.2. The first-order valence-corrected chi connectivity index (χ1v) is 12.9. The van der Waals surface area contributed by atoms with Gasteiger partial charge >= 0.3 is 0 Å². The van der Waals surface area contributed by atoms with Crippen molar-refractivity contribution in [3.05, 3.63) is 123 Å². The summed E-state index contributed by atoms with van der Waals surface area (Å²) in [6.07, 6.45) is 0.763. The lowest BCUT2D eigenvalue weighted by Crippen LogP contribution is -2.06. The Morgan fingerprint density at radius 3 is 2.16 bits per heavy atom. The number of benzene rings is 3. The van der Waals surface area contributed by atoms with Gasteiger partial charge in [0.2, 0.25) is 5.88 Å². The van der Waals surface area contributed by atoms with Crippen LogP contribution in [0.15, 0.2) is 83.3 Å². The van der Waals surface area contributed by atoms with E-state index >= 15 is 0 Å². The van der Waals surface area contributed by atoms with Gasteiger partial charge in [-0.25, -0.2) is 9.97 Å². The standard InChI is InChI=1S/C31H24Cl2N2O3/c1-2-23-17-24(13-16-28-35-29-25(32)14-15-26(33)30(29)38-28)31(37-19-22-11-7-4-8-12-22)34-27(23)20-36-18-21-9-5-3-6-10-21/h3-12,14-15,17H,2,18-20H2,1H3. The molecule has 3 aromatic carbocycles. The molecule has 0 bridgehead atoms. The van der Waals surface area contributed by atoms with E-state index in [-0.39, 0.29) is 5.89 Å². The van der Waals surface area contributed by atoms with E-state index in [1.807, 2.05) is 66.7 Å². The van der Waals surface area contributed by atoms with E-state index in [0.717, 1.165) is 28.8 Å². The molecule has 0 unspecified atom stereocenters. The first-order chi connectivity index (χ1) is 18.6. The van der Waals surface area contributed by atoms with Gasteiger partial charge in [0.1, 0.15) is 12.1 Å². The molecule has 0 N–H and O–H groups in total. The summed E-state index contributed by atoms with van der Waals surface area (Å²) < 4.78 is 17.9. The second-order valence-corrected chi connectivity index (χ2v) is 9.34. The second-order valence-electron chi connectivity index (χ2n) is 8.53. The molecule has 2 aromatic heterocycles.